The van der Waals surface area contributed by atoms with Crippen molar-refractivity contribution in [3.63, 3.8) is 0 Å². The van der Waals surface area contributed by atoms with Crippen molar-refractivity contribution >= 4 is 26.8 Å². The minimum absolute atomic E-state index is 1.23. The molecule has 1 nitrogen and oxygen atoms in total. The molecular formula is C14H26OSi2. The van der Waals surface area contributed by atoms with E-state index in [2.05, 4.69) is 58.7 Å². The number of aryl methyl sites for hydroxylation is 2. The lowest BCUT2D eigenvalue weighted by Gasteiger charge is -2.27. The summed E-state index contributed by atoms with van der Waals surface area (Å²) < 4.78 is 5.74. The fourth-order valence-corrected chi connectivity index (χ4v) is 6.09. The van der Waals surface area contributed by atoms with Crippen LogP contribution in [0.25, 0.3) is 0 Å². The molecule has 1 aromatic carbocycles. The standard InChI is InChI=1S/C14H26OSi2/c1-11-10-14(17(7,8)15-3)12(2)9-13(11)16(4,5)6/h9-10H,1-8H3. The molecular weight excluding hydrogens is 240 g/mol. The summed E-state index contributed by atoms with van der Waals surface area (Å²) in [5.74, 6) is 0. The van der Waals surface area contributed by atoms with Crippen LogP contribution in [0, 0.1) is 13.8 Å². The second-order valence-corrected chi connectivity index (χ2v) is 15.5. The monoisotopic (exact) mass is 266 g/mol. The summed E-state index contributed by atoms with van der Waals surface area (Å²) in [5, 5.41) is 3.03. The van der Waals surface area contributed by atoms with E-state index >= 15 is 0 Å². The molecule has 0 amide bonds. The number of hydrogen-bond acceptors (Lipinski definition) is 1. The molecule has 0 unspecified atom stereocenters. The zero-order valence-electron chi connectivity index (χ0n) is 12.6. The lowest BCUT2D eigenvalue weighted by Crippen LogP contribution is -2.48. The highest BCUT2D eigenvalue weighted by atomic mass is 28.4. The molecule has 96 valence electrons. The van der Waals surface area contributed by atoms with E-state index in [1.165, 1.54) is 16.3 Å². The maximum Gasteiger partial charge on any atom is 0.217 e. The van der Waals surface area contributed by atoms with Gasteiger partial charge >= 0.3 is 0 Å². The van der Waals surface area contributed by atoms with Gasteiger partial charge in [-0.2, -0.15) is 0 Å². The van der Waals surface area contributed by atoms with E-state index in [0.717, 1.165) is 0 Å². The van der Waals surface area contributed by atoms with Gasteiger partial charge in [0.2, 0.25) is 8.32 Å². The SMILES string of the molecule is CO[Si](C)(C)c1cc(C)c([Si](C)(C)C)cc1C. The van der Waals surface area contributed by atoms with Crippen LogP contribution in [-0.4, -0.2) is 23.5 Å². The van der Waals surface area contributed by atoms with Crippen molar-refractivity contribution in [3.05, 3.63) is 23.3 Å². The average Bonchev–Trinajstić information content (AvgIpc) is 2.19. The van der Waals surface area contributed by atoms with E-state index in [1.54, 1.807) is 5.19 Å². The Morgan fingerprint density at radius 3 is 1.65 bits per heavy atom. The predicted octanol–water partition coefficient (Wildman–Crippen LogP) is 2.91. The zero-order valence-corrected chi connectivity index (χ0v) is 14.6. The van der Waals surface area contributed by atoms with Crippen molar-refractivity contribution in [2.75, 3.05) is 7.11 Å². The van der Waals surface area contributed by atoms with Gasteiger partial charge in [0.1, 0.15) is 0 Å². The molecule has 0 aromatic heterocycles. The molecule has 0 atom stereocenters. The molecule has 0 spiro atoms. The number of hydrogen-bond donors (Lipinski definition) is 0. The first-order valence-electron chi connectivity index (χ1n) is 6.27. The smallest absolute Gasteiger partial charge is 0.217 e. The van der Waals surface area contributed by atoms with Crippen LogP contribution in [0.4, 0.5) is 0 Å². The third-order valence-corrected chi connectivity index (χ3v) is 8.55. The van der Waals surface area contributed by atoms with Crippen LogP contribution in [0.3, 0.4) is 0 Å². The summed E-state index contributed by atoms with van der Waals surface area (Å²) in [6, 6.07) is 4.78. The Bertz CT molecular complexity index is 417. The van der Waals surface area contributed by atoms with Crippen LogP contribution < -0.4 is 10.4 Å². The number of benzene rings is 1. The summed E-state index contributed by atoms with van der Waals surface area (Å²) in [6.07, 6.45) is 0. The van der Waals surface area contributed by atoms with Crippen LogP contribution in [-0.2, 0) is 4.43 Å². The minimum atomic E-state index is -1.70. The molecule has 0 aliphatic carbocycles. The quantitative estimate of drug-likeness (QED) is 0.765. The fourth-order valence-electron chi connectivity index (χ4n) is 2.38. The third-order valence-electron chi connectivity index (χ3n) is 3.54. The molecule has 0 heterocycles. The van der Waals surface area contributed by atoms with Crippen LogP contribution in [0.5, 0.6) is 0 Å². The Morgan fingerprint density at radius 2 is 1.24 bits per heavy atom. The highest BCUT2D eigenvalue weighted by Crippen LogP contribution is 2.12. The topological polar surface area (TPSA) is 9.23 Å². The van der Waals surface area contributed by atoms with Gasteiger partial charge in [0.25, 0.3) is 0 Å². The van der Waals surface area contributed by atoms with Gasteiger partial charge < -0.3 is 4.43 Å². The zero-order chi connectivity index (χ0) is 13.4. The summed E-state index contributed by atoms with van der Waals surface area (Å²) in [7, 11) is -1.08. The first-order chi connectivity index (χ1) is 7.59. The van der Waals surface area contributed by atoms with Crippen LogP contribution in [0.15, 0.2) is 12.1 Å². The predicted molar refractivity (Wildman–Crippen MR) is 83.0 cm³/mol. The van der Waals surface area contributed by atoms with Crippen molar-refractivity contribution in [1.82, 2.24) is 0 Å². The van der Waals surface area contributed by atoms with Crippen LogP contribution in [0.1, 0.15) is 11.1 Å². The molecule has 1 aromatic rings. The van der Waals surface area contributed by atoms with Crippen LogP contribution in [0.2, 0.25) is 32.7 Å². The Hall–Kier alpha value is -0.386. The largest absolute Gasteiger partial charge is 0.416 e. The second-order valence-electron chi connectivity index (χ2n) is 6.45. The molecule has 0 saturated heterocycles. The second kappa shape index (κ2) is 4.71. The maximum absolute atomic E-state index is 5.74. The molecule has 0 aliphatic heterocycles. The Kier molecular flexibility index (Phi) is 4.06. The molecule has 0 bridgehead atoms. The molecule has 0 radical (unpaired) electrons. The Labute approximate surface area is 108 Å². The van der Waals surface area contributed by atoms with Crippen LogP contribution >= 0.6 is 0 Å². The van der Waals surface area contributed by atoms with Crippen molar-refractivity contribution in [2.24, 2.45) is 0 Å². The van der Waals surface area contributed by atoms with Gasteiger partial charge in [-0.05, 0) is 37.7 Å². The van der Waals surface area contributed by atoms with Gasteiger partial charge in [-0.3, -0.25) is 0 Å². The molecule has 1 rings (SSSR count). The molecule has 17 heavy (non-hydrogen) atoms. The van der Waals surface area contributed by atoms with E-state index in [4.69, 9.17) is 4.43 Å². The molecule has 0 N–H and O–H groups in total. The first-order valence-corrected chi connectivity index (χ1v) is 12.7. The van der Waals surface area contributed by atoms with Gasteiger partial charge in [-0.15, -0.1) is 0 Å². The molecule has 0 fully saturated rings. The normalized spacial score (nSPS) is 12.9. The van der Waals surface area contributed by atoms with Crippen molar-refractivity contribution in [1.29, 1.82) is 0 Å². The van der Waals surface area contributed by atoms with Gasteiger partial charge in [-0.25, -0.2) is 0 Å². The Balaban J connectivity index is 3.38. The maximum atomic E-state index is 5.74. The number of rotatable bonds is 3. The van der Waals surface area contributed by atoms with Gasteiger partial charge in [0.05, 0.1) is 8.07 Å². The van der Waals surface area contributed by atoms with E-state index in [-0.39, 0.29) is 0 Å². The van der Waals surface area contributed by atoms with E-state index in [9.17, 15) is 0 Å². The molecule has 3 heteroatoms. The highest BCUT2D eigenvalue weighted by molar-refractivity contribution is 6.89. The summed E-state index contributed by atoms with van der Waals surface area (Å²) in [6.45, 7) is 16.2. The third kappa shape index (κ3) is 3.09. The molecule has 0 aliphatic rings. The first kappa shape index (κ1) is 14.7. The fraction of sp³-hybridized carbons (Fsp3) is 0.571. The lowest BCUT2D eigenvalue weighted by molar-refractivity contribution is 0.416. The van der Waals surface area contributed by atoms with Crippen molar-refractivity contribution in [3.8, 4) is 0 Å². The van der Waals surface area contributed by atoms with E-state index in [0.29, 0.717) is 0 Å². The highest BCUT2D eigenvalue weighted by Gasteiger charge is 2.28. The van der Waals surface area contributed by atoms with Crippen molar-refractivity contribution < 1.29 is 4.43 Å². The van der Waals surface area contributed by atoms with Gasteiger partial charge in [0.15, 0.2) is 0 Å². The average molecular weight is 267 g/mol. The minimum Gasteiger partial charge on any atom is -0.416 e. The lowest BCUT2D eigenvalue weighted by atomic mass is 10.2. The Morgan fingerprint density at radius 1 is 0.824 bits per heavy atom. The van der Waals surface area contributed by atoms with E-state index < -0.39 is 16.4 Å². The van der Waals surface area contributed by atoms with Crippen molar-refractivity contribution in [2.45, 2.75) is 46.6 Å². The van der Waals surface area contributed by atoms with Gasteiger partial charge in [-0.1, -0.05) is 42.5 Å². The van der Waals surface area contributed by atoms with Gasteiger partial charge in [0, 0.05) is 7.11 Å². The van der Waals surface area contributed by atoms with E-state index in [1.807, 2.05) is 7.11 Å². The molecule has 0 saturated carbocycles. The summed E-state index contributed by atoms with van der Waals surface area (Å²) >= 11 is 0. The summed E-state index contributed by atoms with van der Waals surface area (Å²) in [4.78, 5) is 0. The summed E-state index contributed by atoms with van der Waals surface area (Å²) in [5.41, 5.74) is 2.86.